The van der Waals surface area contributed by atoms with Crippen molar-refractivity contribution in [2.24, 2.45) is 0 Å². The third-order valence-corrected chi connectivity index (χ3v) is 8.50. The highest BCUT2D eigenvalue weighted by atomic mass is 16.3. The summed E-state index contributed by atoms with van der Waals surface area (Å²) in [5, 5.41) is 9.42. The molecule has 0 radical (unpaired) electrons. The smallest absolute Gasteiger partial charge is 0.136 e. The van der Waals surface area contributed by atoms with E-state index in [-0.39, 0.29) is 0 Å². The number of furan rings is 2. The molecule has 41 heavy (non-hydrogen) atoms. The zero-order valence-corrected chi connectivity index (χ0v) is 22.4. The number of aryl methyl sites for hydroxylation is 1. The quantitative estimate of drug-likeness (QED) is 0.210. The molecule has 0 amide bonds. The van der Waals surface area contributed by atoms with Crippen LogP contribution in [-0.4, -0.2) is 0 Å². The fraction of sp³-hybridized carbons (Fsp3) is 0.0256. The molecule has 0 unspecified atom stereocenters. The minimum atomic E-state index is 0.876. The van der Waals surface area contributed by atoms with Crippen molar-refractivity contribution in [1.29, 1.82) is 0 Å². The average Bonchev–Trinajstić information content (AvgIpc) is 3.57. The summed E-state index contributed by atoms with van der Waals surface area (Å²) in [4.78, 5) is 0. The molecule has 0 N–H and O–H groups in total. The second-order valence-corrected chi connectivity index (χ2v) is 10.9. The molecule has 2 aromatic heterocycles. The molecular weight excluding hydrogens is 500 g/mol. The summed E-state index contributed by atoms with van der Waals surface area (Å²) < 4.78 is 12.7. The van der Waals surface area contributed by atoms with E-state index in [0.29, 0.717) is 0 Å². The average molecular weight is 525 g/mol. The van der Waals surface area contributed by atoms with Gasteiger partial charge in [-0.3, -0.25) is 0 Å². The van der Waals surface area contributed by atoms with Crippen LogP contribution < -0.4 is 0 Å². The van der Waals surface area contributed by atoms with Crippen LogP contribution in [-0.2, 0) is 0 Å². The maximum atomic E-state index is 6.53. The second-order valence-electron chi connectivity index (χ2n) is 10.9. The lowest BCUT2D eigenvalue weighted by atomic mass is 9.85. The summed E-state index contributed by atoms with van der Waals surface area (Å²) in [6.07, 6.45) is 0. The Morgan fingerprint density at radius 2 is 0.878 bits per heavy atom. The van der Waals surface area contributed by atoms with Crippen molar-refractivity contribution in [3.05, 3.63) is 133 Å². The van der Waals surface area contributed by atoms with Gasteiger partial charge in [-0.25, -0.2) is 0 Å². The normalized spacial score (nSPS) is 12.0. The minimum absolute atomic E-state index is 0.876. The molecule has 0 fully saturated rings. The van der Waals surface area contributed by atoms with E-state index >= 15 is 0 Å². The van der Waals surface area contributed by atoms with Crippen LogP contribution in [0.15, 0.2) is 136 Å². The van der Waals surface area contributed by atoms with Gasteiger partial charge in [0.15, 0.2) is 0 Å². The molecule has 2 nitrogen and oxygen atoms in total. The topological polar surface area (TPSA) is 26.3 Å². The lowest BCUT2D eigenvalue weighted by Crippen LogP contribution is -1.91. The highest BCUT2D eigenvalue weighted by Crippen LogP contribution is 2.45. The molecule has 0 aliphatic carbocycles. The maximum absolute atomic E-state index is 6.53. The molecule has 9 aromatic rings. The van der Waals surface area contributed by atoms with Gasteiger partial charge >= 0.3 is 0 Å². The fourth-order valence-corrected chi connectivity index (χ4v) is 6.79. The first-order chi connectivity index (χ1) is 20.2. The van der Waals surface area contributed by atoms with E-state index in [2.05, 4.69) is 110 Å². The van der Waals surface area contributed by atoms with Crippen LogP contribution in [0.5, 0.6) is 0 Å². The molecule has 2 heteroatoms. The first-order valence-electron chi connectivity index (χ1n) is 14.0. The summed E-state index contributed by atoms with van der Waals surface area (Å²) in [6.45, 7) is 2.16. The lowest BCUT2D eigenvalue weighted by molar-refractivity contribution is 0.663. The molecule has 0 spiro atoms. The Kier molecular flexibility index (Phi) is 4.57. The molecule has 9 rings (SSSR count). The van der Waals surface area contributed by atoms with E-state index in [4.69, 9.17) is 8.83 Å². The molecule has 0 atom stereocenters. The SMILES string of the molecule is Cc1cccc(-c2c3ccccc3c(-c3ccc4c(c3)oc3ccc5oc6ccccc6c5c34)c3ccccc23)c1. The van der Waals surface area contributed by atoms with Gasteiger partial charge in [0.1, 0.15) is 22.3 Å². The zero-order chi connectivity index (χ0) is 27.1. The van der Waals surface area contributed by atoms with E-state index in [9.17, 15) is 0 Å². The Hall–Kier alpha value is -5.34. The molecule has 0 saturated heterocycles. The Morgan fingerprint density at radius 1 is 0.366 bits per heavy atom. The van der Waals surface area contributed by atoms with Crippen molar-refractivity contribution in [1.82, 2.24) is 0 Å². The highest BCUT2D eigenvalue weighted by molar-refractivity contribution is 6.26. The summed E-state index contributed by atoms with van der Waals surface area (Å²) in [6, 6.07) is 45.3. The van der Waals surface area contributed by atoms with Crippen molar-refractivity contribution < 1.29 is 8.83 Å². The predicted octanol–water partition coefficient (Wildman–Crippen LogP) is 11.4. The van der Waals surface area contributed by atoms with E-state index < -0.39 is 0 Å². The highest BCUT2D eigenvalue weighted by Gasteiger charge is 2.19. The van der Waals surface area contributed by atoms with Crippen molar-refractivity contribution >= 4 is 65.4 Å². The molecule has 7 aromatic carbocycles. The number of hydrogen-bond acceptors (Lipinski definition) is 2. The Labute approximate surface area is 236 Å². The van der Waals surface area contributed by atoms with Crippen LogP contribution in [0, 0.1) is 6.92 Å². The van der Waals surface area contributed by atoms with Crippen molar-refractivity contribution in [3.8, 4) is 22.3 Å². The Bertz CT molecular complexity index is 2430. The molecule has 0 saturated carbocycles. The van der Waals surface area contributed by atoms with Gasteiger partial charge in [0, 0.05) is 21.5 Å². The molecule has 0 aliphatic rings. The van der Waals surface area contributed by atoms with E-state index in [1.54, 1.807) is 0 Å². The predicted molar refractivity (Wildman–Crippen MR) is 172 cm³/mol. The van der Waals surface area contributed by atoms with Crippen LogP contribution in [0.3, 0.4) is 0 Å². The number of hydrogen-bond donors (Lipinski definition) is 0. The van der Waals surface area contributed by atoms with Crippen LogP contribution in [0.1, 0.15) is 5.56 Å². The van der Waals surface area contributed by atoms with Gasteiger partial charge in [0.05, 0.1) is 0 Å². The molecule has 2 heterocycles. The van der Waals surface area contributed by atoms with Gasteiger partial charge in [0.2, 0.25) is 0 Å². The van der Waals surface area contributed by atoms with Crippen LogP contribution in [0.25, 0.3) is 87.7 Å². The minimum Gasteiger partial charge on any atom is -0.456 e. The summed E-state index contributed by atoms with van der Waals surface area (Å²) in [5.41, 5.74) is 9.70. The lowest BCUT2D eigenvalue weighted by Gasteiger charge is -2.18. The van der Waals surface area contributed by atoms with Crippen LogP contribution in [0.2, 0.25) is 0 Å². The summed E-state index contributed by atoms with van der Waals surface area (Å²) in [7, 11) is 0. The van der Waals surface area contributed by atoms with Crippen molar-refractivity contribution in [3.63, 3.8) is 0 Å². The van der Waals surface area contributed by atoms with Gasteiger partial charge in [-0.2, -0.15) is 0 Å². The number of rotatable bonds is 2. The van der Waals surface area contributed by atoms with Crippen LogP contribution >= 0.6 is 0 Å². The first-order valence-corrected chi connectivity index (χ1v) is 14.0. The van der Waals surface area contributed by atoms with Crippen molar-refractivity contribution in [2.75, 3.05) is 0 Å². The van der Waals surface area contributed by atoms with Crippen molar-refractivity contribution in [2.45, 2.75) is 6.92 Å². The largest absolute Gasteiger partial charge is 0.456 e. The van der Waals surface area contributed by atoms with Crippen LogP contribution in [0.4, 0.5) is 0 Å². The van der Waals surface area contributed by atoms with Gasteiger partial charge in [-0.05, 0) is 81.1 Å². The molecule has 192 valence electrons. The van der Waals surface area contributed by atoms with E-state index in [1.165, 1.54) is 43.8 Å². The fourth-order valence-electron chi connectivity index (χ4n) is 6.79. The second kappa shape index (κ2) is 8.33. The summed E-state index contributed by atoms with van der Waals surface area (Å²) in [5.74, 6) is 0. The van der Waals surface area contributed by atoms with Gasteiger partial charge in [-0.1, -0.05) is 103 Å². The maximum Gasteiger partial charge on any atom is 0.136 e. The standard InChI is InChI=1S/C39H24O2/c1-23-9-8-10-24(21-23)36-26-11-2-4-13-28(26)37(29-14-5-3-12-27(29)36)25-17-18-31-35(22-25)41-34-20-19-33-38(39(31)34)30-15-6-7-16-32(30)40-33/h2-22H,1H3. The van der Waals surface area contributed by atoms with E-state index in [0.717, 1.165) is 49.4 Å². The Morgan fingerprint density at radius 3 is 1.49 bits per heavy atom. The van der Waals surface area contributed by atoms with Gasteiger partial charge in [-0.15, -0.1) is 0 Å². The molecule has 0 bridgehead atoms. The van der Waals surface area contributed by atoms with E-state index in [1.807, 2.05) is 24.3 Å². The number of fused-ring (bicyclic) bond motifs is 9. The monoisotopic (exact) mass is 524 g/mol. The van der Waals surface area contributed by atoms with Gasteiger partial charge < -0.3 is 8.83 Å². The first kappa shape index (κ1) is 22.5. The zero-order valence-electron chi connectivity index (χ0n) is 22.4. The molecular formula is C39H24O2. The number of para-hydroxylation sites is 1. The molecule has 0 aliphatic heterocycles. The summed E-state index contributed by atoms with van der Waals surface area (Å²) >= 11 is 0. The third kappa shape index (κ3) is 3.19. The Balaban J connectivity index is 1.37. The van der Waals surface area contributed by atoms with Gasteiger partial charge in [0.25, 0.3) is 0 Å². The number of benzene rings is 7. The third-order valence-electron chi connectivity index (χ3n) is 8.50.